The van der Waals surface area contributed by atoms with Gasteiger partial charge in [0, 0.05) is 32.4 Å². The predicted octanol–water partition coefficient (Wildman–Crippen LogP) is 1.25. The third-order valence-electron chi connectivity index (χ3n) is 4.89. The average molecular weight is 482 g/mol. The zero-order valence-electron chi connectivity index (χ0n) is 17.8. The number of morpholine rings is 1. The van der Waals surface area contributed by atoms with Crippen LogP contribution in [0.25, 0.3) is 0 Å². The highest BCUT2D eigenvalue weighted by atomic mass is 32.2. The van der Waals surface area contributed by atoms with Crippen LogP contribution in [0, 0.1) is 0 Å². The molecule has 2 N–H and O–H groups in total. The highest BCUT2D eigenvalue weighted by Crippen LogP contribution is 2.17. The van der Waals surface area contributed by atoms with Crippen molar-refractivity contribution in [3.8, 4) is 0 Å². The number of carbonyl (C=O) groups excluding carboxylic acids is 1. The smallest absolute Gasteiger partial charge is 0.315 e. The molecule has 1 saturated heterocycles. The number of sulfone groups is 1. The summed E-state index contributed by atoms with van der Waals surface area (Å²) in [6, 6.07) is 13.1. The van der Waals surface area contributed by atoms with Gasteiger partial charge in [0.1, 0.15) is 0 Å². The Morgan fingerprint density at radius 1 is 0.844 bits per heavy atom. The van der Waals surface area contributed by atoms with Crippen molar-refractivity contribution in [2.24, 2.45) is 0 Å². The van der Waals surface area contributed by atoms with E-state index in [1.54, 1.807) is 36.4 Å². The molecule has 0 atom stereocenters. The summed E-state index contributed by atoms with van der Waals surface area (Å²) in [5.41, 5.74) is 2.31. The van der Waals surface area contributed by atoms with Gasteiger partial charge in [0.2, 0.25) is 10.0 Å². The summed E-state index contributed by atoms with van der Waals surface area (Å²) >= 11 is 0. The van der Waals surface area contributed by atoms with Crippen LogP contribution in [-0.4, -0.2) is 59.7 Å². The summed E-state index contributed by atoms with van der Waals surface area (Å²) in [6.07, 6.45) is 1.18. The van der Waals surface area contributed by atoms with Gasteiger partial charge in [0.15, 0.2) is 9.84 Å². The molecular weight excluding hydrogens is 454 g/mol. The number of hydrogen-bond acceptors (Lipinski definition) is 6. The Morgan fingerprint density at radius 2 is 1.31 bits per heavy atom. The van der Waals surface area contributed by atoms with Gasteiger partial charge in [0.05, 0.1) is 23.9 Å². The zero-order valence-corrected chi connectivity index (χ0v) is 19.4. The van der Waals surface area contributed by atoms with E-state index in [1.807, 2.05) is 0 Å². The Balaban J connectivity index is 1.46. The van der Waals surface area contributed by atoms with Crippen molar-refractivity contribution in [3.63, 3.8) is 0 Å². The minimum absolute atomic E-state index is 0.0201. The Morgan fingerprint density at radius 3 is 1.81 bits per heavy atom. The molecule has 1 heterocycles. The number of rotatable bonds is 8. The van der Waals surface area contributed by atoms with Crippen molar-refractivity contribution < 1.29 is 26.4 Å². The molecular formula is C21H27N3O6S2. The lowest BCUT2D eigenvalue weighted by Gasteiger charge is -2.26. The van der Waals surface area contributed by atoms with Gasteiger partial charge in [-0.25, -0.2) is 21.6 Å². The molecule has 2 amide bonds. The van der Waals surface area contributed by atoms with E-state index in [0.717, 1.165) is 11.1 Å². The molecule has 0 aliphatic carbocycles. The molecule has 2 aromatic rings. The number of hydrogen-bond donors (Lipinski definition) is 2. The van der Waals surface area contributed by atoms with E-state index in [-0.39, 0.29) is 23.2 Å². The van der Waals surface area contributed by atoms with Crippen LogP contribution in [0.5, 0.6) is 0 Å². The van der Waals surface area contributed by atoms with E-state index in [4.69, 9.17) is 4.74 Å². The standard InChI is InChI=1S/C21H27N3O6S2/c1-31(26,27)16-19-4-2-17(3-5-19)14-22-21(25)23-15-18-6-8-20(9-7-18)32(28,29)24-10-12-30-13-11-24/h2-9H,10-16H2,1H3,(H2,22,23,25). The second kappa shape index (κ2) is 10.4. The van der Waals surface area contributed by atoms with Gasteiger partial charge in [-0.2, -0.15) is 4.31 Å². The number of nitrogens with one attached hydrogen (secondary N) is 2. The molecule has 0 spiro atoms. The van der Waals surface area contributed by atoms with Crippen molar-refractivity contribution in [3.05, 3.63) is 65.2 Å². The first kappa shape index (κ1) is 24.2. The highest BCUT2D eigenvalue weighted by molar-refractivity contribution is 7.90. The summed E-state index contributed by atoms with van der Waals surface area (Å²) in [5, 5.41) is 5.46. The van der Waals surface area contributed by atoms with E-state index < -0.39 is 19.9 Å². The van der Waals surface area contributed by atoms with E-state index >= 15 is 0 Å². The van der Waals surface area contributed by atoms with Crippen LogP contribution >= 0.6 is 0 Å². The first-order valence-corrected chi connectivity index (χ1v) is 13.6. The third kappa shape index (κ3) is 7.02. The third-order valence-corrected chi connectivity index (χ3v) is 7.66. The number of sulfonamides is 1. The molecule has 0 saturated carbocycles. The summed E-state index contributed by atoms with van der Waals surface area (Å²) in [6.45, 7) is 2.00. The zero-order chi connectivity index (χ0) is 23.2. The van der Waals surface area contributed by atoms with E-state index in [0.29, 0.717) is 38.4 Å². The van der Waals surface area contributed by atoms with E-state index in [9.17, 15) is 21.6 Å². The number of urea groups is 1. The van der Waals surface area contributed by atoms with E-state index in [1.165, 1.54) is 22.7 Å². The largest absolute Gasteiger partial charge is 0.379 e. The molecule has 1 fully saturated rings. The number of benzene rings is 2. The van der Waals surface area contributed by atoms with Crippen molar-refractivity contribution in [2.75, 3.05) is 32.6 Å². The molecule has 2 aromatic carbocycles. The van der Waals surface area contributed by atoms with Crippen LogP contribution < -0.4 is 10.6 Å². The first-order chi connectivity index (χ1) is 15.1. The SMILES string of the molecule is CS(=O)(=O)Cc1ccc(CNC(=O)NCc2ccc(S(=O)(=O)N3CCOCC3)cc2)cc1. The van der Waals surface area contributed by atoms with Gasteiger partial charge in [-0.1, -0.05) is 36.4 Å². The maximum atomic E-state index is 12.6. The molecule has 1 aliphatic heterocycles. The predicted molar refractivity (Wildman–Crippen MR) is 120 cm³/mol. The number of amides is 2. The molecule has 3 rings (SSSR count). The van der Waals surface area contributed by atoms with Crippen molar-refractivity contribution >= 4 is 25.9 Å². The van der Waals surface area contributed by atoms with Crippen molar-refractivity contribution in [2.45, 2.75) is 23.7 Å². The van der Waals surface area contributed by atoms with Gasteiger partial charge < -0.3 is 15.4 Å². The second-order valence-electron chi connectivity index (χ2n) is 7.58. The van der Waals surface area contributed by atoms with Gasteiger partial charge >= 0.3 is 6.03 Å². The normalized spacial score (nSPS) is 15.3. The minimum atomic E-state index is -3.54. The topological polar surface area (TPSA) is 122 Å². The van der Waals surface area contributed by atoms with Gasteiger partial charge in [0.25, 0.3) is 0 Å². The molecule has 0 unspecified atom stereocenters. The first-order valence-electron chi connectivity index (χ1n) is 10.1. The lowest BCUT2D eigenvalue weighted by molar-refractivity contribution is 0.0730. The molecule has 1 aliphatic rings. The fraction of sp³-hybridized carbons (Fsp3) is 0.381. The van der Waals surface area contributed by atoms with Gasteiger partial charge in [-0.3, -0.25) is 0 Å². The van der Waals surface area contributed by atoms with Crippen LogP contribution in [0.15, 0.2) is 53.4 Å². The fourth-order valence-corrected chi connectivity index (χ4v) is 5.40. The van der Waals surface area contributed by atoms with Gasteiger partial charge in [-0.05, 0) is 28.8 Å². The van der Waals surface area contributed by atoms with Crippen molar-refractivity contribution in [1.29, 1.82) is 0 Å². The number of nitrogens with zero attached hydrogens (tertiary/aromatic N) is 1. The lowest BCUT2D eigenvalue weighted by Crippen LogP contribution is -2.40. The number of carbonyl (C=O) groups is 1. The second-order valence-corrected chi connectivity index (χ2v) is 11.7. The lowest BCUT2D eigenvalue weighted by atomic mass is 10.1. The Bertz CT molecular complexity index is 1130. The summed E-state index contributed by atoms with van der Waals surface area (Å²) in [4.78, 5) is 12.3. The van der Waals surface area contributed by atoms with Crippen LogP contribution in [0.4, 0.5) is 4.79 Å². The summed E-state index contributed by atoms with van der Waals surface area (Å²) in [7, 11) is -6.63. The Hall–Kier alpha value is -2.47. The monoisotopic (exact) mass is 481 g/mol. The Kier molecular flexibility index (Phi) is 7.88. The van der Waals surface area contributed by atoms with E-state index in [2.05, 4.69) is 10.6 Å². The molecule has 0 bridgehead atoms. The van der Waals surface area contributed by atoms with Crippen molar-refractivity contribution in [1.82, 2.24) is 14.9 Å². The molecule has 174 valence electrons. The average Bonchev–Trinajstić information content (AvgIpc) is 2.77. The Labute approximate surface area is 188 Å². The highest BCUT2D eigenvalue weighted by Gasteiger charge is 2.26. The maximum absolute atomic E-state index is 12.6. The molecule has 9 nitrogen and oxygen atoms in total. The van der Waals surface area contributed by atoms with Crippen LogP contribution in [-0.2, 0) is 43.4 Å². The minimum Gasteiger partial charge on any atom is -0.379 e. The molecule has 11 heteroatoms. The van der Waals surface area contributed by atoms with Crippen LogP contribution in [0.1, 0.15) is 16.7 Å². The molecule has 0 aromatic heterocycles. The summed E-state index contributed by atoms with van der Waals surface area (Å²) in [5.74, 6) is -0.0201. The van der Waals surface area contributed by atoms with Gasteiger partial charge in [-0.15, -0.1) is 0 Å². The molecule has 0 radical (unpaired) electrons. The number of ether oxygens (including phenoxy) is 1. The molecule has 32 heavy (non-hydrogen) atoms. The van der Waals surface area contributed by atoms with Crippen LogP contribution in [0.3, 0.4) is 0 Å². The quantitative estimate of drug-likeness (QED) is 0.585. The summed E-state index contributed by atoms with van der Waals surface area (Å²) < 4.78 is 54.5. The van der Waals surface area contributed by atoms with Crippen LogP contribution in [0.2, 0.25) is 0 Å². The fourth-order valence-electron chi connectivity index (χ4n) is 3.20. The maximum Gasteiger partial charge on any atom is 0.315 e.